The third-order valence-corrected chi connectivity index (χ3v) is 4.67. The van der Waals surface area contributed by atoms with Gasteiger partial charge in [-0.15, -0.1) is 0 Å². The second-order valence-electron chi connectivity index (χ2n) is 6.36. The van der Waals surface area contributed by atoms with Gasteiger partial charge in [0.15, 0.2) is 0 Å². The van der Waals surface area contributed by atoms with Crippen molar-refractivity contribution in [1.29, 1.82) is 0 Å². The predicted octanol–water partition coefficient (Wildman–Crippen LogP) is 4.16. The maximum atomic E-state index is 13.1. The number of piperidine rings is 1. The van der Waals surface area contributed by atoms with Gasteiger partial charge in [0.2, 0.25) is 0 Å². The lowest BCUT2D eigenvalue weighted by Gasteiger charge is -2.36. The van der Waals surface area contributed by atoms with Gasteiger partial charge in [-0.1, -0.05) is 12.1 Å². The molecule has 0 bridgehead atoms. The van der Waals surface area contributed by atoms with Crippen molar-refractivity contribution in [3.8, 4) is 0 Å². The number of hydrogen-bond acceptors (Lipinski definition) is 3. The summed E-state index contributed by atoms with van der Waals surface area (Å²) >= 11 is 0. The lowest BCUT2D eigenvalue weighted by molar-refractivity contribution is 0.0586. The molecular weight excluding hydrogens is 290 g/mol. The number of benzene rings is 1. The molecule has 4 heteroatoms. The van der Waals surface area contributed by atoms with Crippen molar-refractivity contribution in [2.24, 2.45) is 0 Å². The quantitative estimate of drug-likeness (QED) is 0.778. The van der Waals surface area contributed by atoms with Gasteiger partial charge >= 0.3 is 0 Å². The van der Waals surface area contributed by atoms with Crippen LogP contribution in [0.3, 0.4) is 0 Å². The molecular formula is C19H25NO3. The van der Waals surface area contributed by atoms with Crippen molar-refractivity contribution in [2.45, 2.75) is 45.1 Å². The van der Waals surface area contributed by atoms with E-state index in [-0.39, 0.29) is 5.91 Å². The van der Waals surface area contributed by atoms with Gasteiger partial charge in [0, 0.05) is 31.7 Å². The molecule has 1 atom stereocenters. The highest BCUT2D eigenvalue weighted by molar-refractivity contribution is 6.05. The van der Waals surface area contributed by atoms with Crippen molar-refractivity contribution in [3.05, 3.63) is 35.6 Å². The number of amides is 1. The number of rotatable bonds is 5. The number of methoxy groups -OCH3 is 1. The third-order valence-electron chi connectivity index (χ3n) is 4.67. The summed E-state index contributed by atoms with van der Waals surface area (Å²) in [6, 6.07) is 8.12. The van der Waals surface area contributed by atoms with Crippen molar-refractivity contribution in [3.63, 3.8) is 0 Å². The van der Waals surface area contributed by atoms with Crippen molar-refractivity contribution in [2.75, 3.05) is 20.3 Å². The van der Waals surface area contributed by atoms with Crippen LogP contribution >= 0.6 is 0 Å². The van der Waals surface area contributed by atoms with Gasteiger partial charge in [0.1, 0.15) is 11.3 Å². The Morgan fingerprint density at radius 1 is 1.39 bits per heavy atom. The third kappa shape index (κ3) is 3.42. The minimum Gasteiger partial charge on any atom is -0.461 e. The Bertz CT molecular complexity index is 676. The monoisotopic (exact) mass is 315 g/mol. The smallest absolute Gasteiger partial charge is 0.257 e. The molecule has 1 amide bonds. The van der Waals surface area contributed by atoms with E-state index in [1.54, 1.807) is 7.11 Å². The van der Waals surface area contributed by atoms with Crippen LogP contribution in [0.4, 0.5) is 0 Å². The summed E-state index contributed by atoms with van der Waals surface area (Å²) in [6.07, 6.45) is 5.37. The number of aryl methyl sites for hydroxylation is 1. The molecule has 0 N–H and O–H groups in total. The maximum Gasteiger partial charge on any atom is 0.257 e. The summed E-state index contributed by atoms with van der Waals surface area (Å²) in [7, 11) is 1.73. The second kappa shape index (κ2) is 7.18. The Labute approximate surface area is 137 Å². The van der Waals surface area contributed by atoms with Gasteiger partial charge in [-0.05, 0) is 51.2 Å². The fourth-order valence-corrected chi connectivity index (χ4v) is 3.55. The zero-order valence-corrected chi connectivity index (χ0v) is 14.0. The first-order valence-corrected chi connectivity index (χ1v) is 8.50. The molecule has 23 heavy (non-hydrogen) atoms. The van der Waals surface area contributed by atoms with E-state index < -0.39 is 0 Å². The van der Waals surface area contributed by atoms with Crippen LogP contribution in [0.2, 0.25) is 0 Å². The molecule has 0 spiro atoms. The number of nitrogens with zero attached hydrogens (tertiary/aromatic N) is 1. The largest absolute Gasteiger partial charge is 0.461 e. The average Bonchev–Trinajstić information content (AvgIpc) is 2.95. The SMILES string of the molecule is COCCC[C@H]1CCCCN1C(=O)c1cccc2cc(C)oc12. The molecule has 2 heterocycles. The fourth-order valence-electron chi connectivity index (χ4n) is 3.55. The first-order chi connectivity index (χ1) is 11.2. The number of hydrogen-bond donors (Lipinski definition) is 0. The highest BCUT2D eigenvalue weighted by Gasteiger charge is 2.28. The van der Waals surface area contributed by atoms with E-state index in [1.165, 1.54) is 6.42 Å². The van der Waals surface area contributed by atoms with E-state index in [4.69, 9.17) is 9.15 Å². The Kier molecular flexibility index (Phi) is 5.01. The van der Waals surface area contributed by atoms with Crippen LogP contribution in [0, 0.1) is 6.92 Å². The van der Waals surface area contributed by atoms with Crippen LogP contribution in [0.15, 0.2) is 28.7 Å². The average molecular weight is 315 g/mol. The van der Waals surface area contributed by atoms with Gasteiger partial charge in [-0.2, -0.15) is 0 Å². The van der Waals surface area contributed by atoms with E-state index in [1.807, 2.05) is 36.1 Å². The molecule has 2 aromatic rings. The first kappa shape index (κ1) is 16.1. The highest BCUT2D eigenvalue weighted by Crippen LogP contribution is 2.27. The van der Waals surface area contributed by atoms with Gasteiger partial charge < -0.3 is 14.1 Å². The standard InChI is InChI=1S/C19H25NO3/c1-14-13-15-7-5-10-17(18(15)23-14)19(21)20-11-4-3-8-16(20)9-6-12-22-2/h5,7,10,13,16H,3-4,6,8-9,11-12H2,1-2H3/t16-/m1/s1. The van der Waals surface area contributed by atoms with Crippen LogP contribution in [0.1, 0.15) is 48.2 Å². The normalized spacial score (nSPS) is 18.5. The molecule has 0 radical (unpaired) electrons. The van der Waals surface area contributed by atoms with E-state index in [9.17, 15) is 4.79 Å². The van der Waals surface area contributed by atoms with E-state index in [0.717, 1.165) is 55.6 Å². The van der Waals surface area contributed by atoms with Crippen molar-refractivity contribution < 1.29 is 13.9 Å². The summed E-state index contributed by atoms with van der Waals surface area (Å²) in [5, 5.41) is 1.00. The predicted molar refractivity (Wildman–Crippen MR) is 90.7 cm³/mol. The van der Waals surface area contributed by atoms with E-state index in [2.05, 4.69) is 0 Å². The van der Waals surface area contributed by atoms with E-state index in [0.29, 0.717) is 11.6 Å². The second-order valence-corrected chi connectivity index (χ2v) is 6.36. The van der Waals surface area contributed by atoms with Crippen molar-refractivity contribution in [1.82, 2.24) is 4.90 Å². The summed E-state index contributed by atoms with van der Waals surface area (Å²) in [5.74, 6) is 0.947. The number of furan rings is 1. The van der Waals surface area contributed by atoms with Crippen LogP contribution < -0.4 is 0 Å². The molecule has 124 valence electrons. The van der Waals surface area contributed by atoms with Gasteiger partial charge in [-0.25, -0.2) is 0 Å². The first-order valence-electron chi connectivity index (χ1n) is 8.50. The molecule has 1 aliphatic heterocycles. The molecule has 1 aromatic carbocycles. The number of ether oxygens (including phenoxy) is 1. The van der Waals surface area contributed by atoms with Gasteiger partial charge in [0.05, 0.1) is 5.56 Å². The number of likely N-dealkylation sites (tertiary alicyclic amines) is 1. The Morgan fingerprint density at radius 3 is 3.09 bits per heavy atom. The molecule has 4 nitrogen and oxygen atoms in total. The summed E-state index contributed by atoms with van der Waals surface area (Å²) in [6.45, 7) is 3.51. The van der Waals surface area contributed by atoms with Crippen LogP contribution in [0.25, 0.3) is 11.0 Å². The highest BCUT2D eigenvalue weighted by atomic mass is 16.5. The van der Waals surface area contributed by atoms with Crippen LogP contribution in [0.5, 0.6) is 0 Å². The molecule has 1 fully saturated rings. The minimum absolute atomic E-state index is 0.104. The number of carbonyl (C=O) groups excluding carboxylic acids is 1. The number of fused-ring (bicyclic) bond motifs is 1. The maximum absolute atomic E-state index is 13.1. The summed E-state index contributed by atoms with van der Waals surface area (Å²) in [4.78, 5) is 15.1. The van der Waals surface area contributed by atoms with Crippen LogP contribution in [-0.4, -0.2) is 37.1 Å². The van der Waals surface area contributed by atoms with E-state index >= 15 is 0 Å². The zero-order valence-electron chi connectivity index (χ0n) is 14.0. The minimum atomic E-state index is 0.104. The number of para-hydroxylation sites is 1. The Morgan fingerprint density at radius 2 is 2.26 bits per heavy atom. The molecule has 0 aliphatic carbocycles. The molecule has 1 aliphatic rings. The summed E-state index contributed by atoms with van der Waals surface area (Å²) in [5.41, 5.74) is 1.41. The Balaban J connectivity index is 1.84. The molecule has 1 aromatic heterocycles. The topological polar surface area (TPSA) is 42.7 Å². The van der Waals surface area contributed by atoms with Crippen molar-refractivity contribution >= 4 is 16.9 Å². The molecule has 3 rings (SSSR count). The lowest BCUT2D eigenvalue weighted by atomic mass is 9.96. The molecule has 0 saturated carbocycles. The van der Waals surface area contributed by atoms with Gasteiger partial charge in [0.25, 0.3) is 5.91 Å². The molecule has 1 saturated heterocycles. The Hall–Kier alpha value is -1.81. The van der Waals surface area contributed by atoms with Gasteiger partial charge in [-0.3, -0.25) is 4.79 Å². The molecule has 0 unspecified atom stereocenters. The zero-order chi connectivity index (χ0) is 16.2. The number of carbonyl (C=O) groups is 1. The van der Waals surface area contributed by atoms with Crippen LogP contribution in [-0.2, 0) is 4.74 Å². The lowest BCUT2D eigenvalue weighted by Crippen LogP contribution is -2.43. The fraction of sp³-hybridized carbons (Fsp3) is 0.526. The summed E-state index contributed by atoms with van der Waals surface area (Å²) < 4.78 is 10.9.